The van der Waals surface area contributed by atoms with Crippen LogP contribution in [0.25, 0.3) is 0 Å². The first kappa shape index (κ1) is 13.9. The zero-order valence-corrected chi connectivity index (χ0v) is 11.8. The summed E-state index contributed by atoms with van der Waals surface area (Å²) in [6.45, 7) is 8.87. The van der Waals surface area contributed by atoms with E-state index in [1.807, 2.05) is 11.6 Å². The highest BCUT2D eigenvalue weighted by molar-refractivity contribution is 5.78. The van der Waals surface area contributed by atoms with Gasteiger partial charge in [0.05, 0.1) is 18.9 Å². The number of aliphatic imine (C=N–C) groups is 1. The molecule has 1 aliphatic heterocycles. The van der Waals surface area contributed by atoms with E-state index in [-0.39, 0.29) is 0 Å². The van der Waals surface area contributed by atoms with Crippen LogP contribution in [0.5, 0.6) is 0 Å². The molecule has 0 radical (unpaired) electrons. The molecule has 2 heterocycles. The number of ether oxygens (including phenoxy) is 1. The Balaban J connectivity index is 1.74. The lowest BCUT2D eigenvalue weighted by Gasteiger charge is -2.27. The predicted octanol–water partition coefficient (Wildman–Crippen LogP) is 0.537. The number of aryl methyl sites for hydroxylation is 3. The standard InChI is InChI=1S/C13H23N5O/c1-11-10-12(2)18(16-11)5-3-4-15-13(14)17-6-8-19-9-7-17/h10H,3-9H2,1-2H3,(H2,14,15). The van der Waals surface area contributed by atoms with E-state index < -0.39 is 0 Å². The molecule has 0 saturated carbocycles. The van der Waals surface area contributed by atoms with Crippen LogP contribution in [0.2, 0.25) is 0 Å². The van der Waals surface area contributed by atoms with Crippen LogP contribution in [-0.4, -0.2) is 53.5 Å². The fourth-order valence-electron chi connectivity index (χ4n) is 2.21. The monoisotopic (exact) mass is 265 g/mol. The van der Waals surface area contributed by atoms with Crippen molar-refractivity contribution in [3.63, 3.8) is 0 Å². The molecule has 6 nitrogen and oxygen atoms in total. The van der Waals surface area contributed by atoms with Crippen molar-refractivity contribution in [1.29, 1.82) is 0 Å². The number of hydrogen-bond acceptors (Lipinski definition) is 3. The molecule has 0 unspecified atom stereocenters. The van der Waals surface area contributed by atoms with Crippen molar-refractivity contribution >= 4 is 5.96 Å². The molecule has 0 aliphatic carbocycles. The number of rotatable bonds is 4. The van der Waals surface area contributed by atoms with Gasteiger partial charge in [-0.15, -0.1) is 0 Å². The highest BCUT2D eigenvalue weighted by Crippen LogP contribution is 2.03. The van der Waals surface area contributed by atoms with Gasteiger partial charge in [-0.05, 0) is 26.3 Å². The Kier molecular flexibility index (Phi) is 4.79. The van der Waals surface area contributed by atoms with Gasteiger partial charge in [-0.1, -0.05) is 0 Å². The molecule has 0 spiro atoms. The molecule has 0 atom stereocenters. The summed E-state index contributed by atoms with van der Waals surface area (Å²) in [5.41, 5.74) is 8.22. The molecule has 2 N–H and O–H groups in total. The van der Waals surface area contributed by atoms with Gasteiger partial charge in [0.25, 0.3) is 0 Å². The van der Waals surface area contributed by atoms with Gasteiger partial charge in [0, 0.05) is 31.9 Å². The largest absolute Gasteiger partial charge is 0.378 e. The lowest BCUT2D eigenvalue weighted by atomic mass is 10.4. The van der Waals surface area contributed by atoms with Crippen molar-refractivity contribution in [2.75, 3.05) is 32.8 Å². The average Bonchev–Trinajstić information content (AvgIpc) is 2.74. The van der Waals surface area contributed by atoms with Gasteiger partial charge in [-0.3, -0.25) is 9.67 Å². The molecule has 1 aromatic heterocycles. The highest BCUT2D eigenvalue weighted by atomic mass is 16.5. The molecule has 1 saturated heterocycles. The molecule has 0 bridgehead atoms. The summed E-state index contributed by atoms with van der Waals surface area (Å²) in [6.07, 6.45) is 0.951. The summed E-state index contributed by atoms with van der Waals surface area (Å²) in [7, 11) is 0. The minimum absolute atomic E-state index is 0.636. The molecule has 1 aliphatic rings. The second-order valence-electron chi connectivity index (χ2n) is 4.84. The minimum atomic E-state index is 0.636. The molecule has 19 heavy (non-hydrogen) atoms. The molecular weight excluding hydrogens is 242 g/mol. The van der Waals surface area contributed by atoms with E-state index in [2.05, 4.69) is 28.0 Å². The Morgan fingerprint density at radius 2 is 2.16 bits per heavy atom. The number of guanidine groups is 1. The van der Waals surface area contributed by atoms with Crippen LogP contribution in [-0.2, 0) is 11.3 Å². The van der Waals surface area contributed by atoms with E-state index in [1.165, 1.54) is 5.69 Å². The van der Waals surface area contributed by atoms with Crippen LogP contribution < -0.4 is 5.73 Å². The van der Waals surface area contributed by atoms with E-state index in [4.69, 9.17) is 10.5 Å². The fraction of sp³-hybridized carbons (Fsp3) is 0.692. The van der Waals surface area contributed by atoms with Gasteiger partial charge in [0.15, 0.2) is 5.96 Å². The van der Waals surface area contributed by atoms with E-state index in [0.29, 0.717) is 5.96 Å². The third-order valence-electron chi connectivity index (χ3n) is 3.24. The van der Waals surface area contributed by atoms with Crippen LogP contribution >= 0.6 is 0 Å². The first-order chi connectivity index (χ1) is 9.16. The third kappa shape index (κ3) is 3.96. The third-order valence-corrected chi connectivity index (χ3v) is 3.24. The maximum Gasteiger partial charge on any atom is 0.191 e. The lowest BCUT2D eigenvalue weighted by molar-refractivity contribution is 0.0674. The molecule has 2 rings (SSSR count). The van der Waals surface area contributed by atoms with Crippen LogP contribution in [0.4, 0.5) is 0 Å². The van der Waals surface area contributed by atoms with Crippen LogP contribution in [0.3, 0.4) is 0 Å². The lowest BCUT2D eigenvalue weighted by Crippen LogP contribution is -2.44. The fourth-order valence-corrected chi connectivity index (χ4v) is 2.21. The van der Waals surface area contributed by atoms with Crippen molar-refractivity contribution in [3.05, 3.63) is 17.5 Å². The minimum Gasteiger partial charge on any atom is -0.378 e. The zero-order chi connectivity index (χ0) is 13.7. The number of morpholine rings is 1. The predicted molar refractivity (Wildman–Crippen MR) is 75.2 cm³/mol. The Morgan fingerprint density at radius 1 is 1.42 bits per heavy atom. The van der Waals surface area contributed by atoms with Crippen molar-refractivity contribution in [3.8, 4) is 0 Å². The summed E-state index contributed by atoms with van der Waals surface area (Å²) in [4.78, 5) is 6.50. The van der Waals surface area contributed by atoms with Gasteiger partial charge < -0.3 is 15.4 Å². The molecule has 0 amide bonds. The maximum atomic E-state index is 5.96. The van der Waals surface area contributed by atoms with Crippen molar-refractivity contribution in [2.24, 2.45) is 10.7 Å². The van der Waals surface area contributed by atoms with Crippen molar-refractivity contribution < 1.29 is 4.74 Å². The van der Waals surface area contributed by atoms with Crippen LogP contribution in [0.15, 0.2) is 11.1 Å². The Labute approximate surface area is 114 Å². The first-order valence-electron chi connectivity index (χ1n) is 6.80. The zero-order valence-electron chi connectivity index (χ0n) is 11.8. The van der Waals surface area contributed by atoms with E-state index in [0.717, 1.165) is 51.5 Å². The molecule has 0 aromatic carbocycles. The van der Waals surface area contributed by atoms with Crippen molar-refractivity contribution in [2.45, 2.75) is 26.8 Å². The molecule has 1 fully saturated rings. The second-order valence-corrected chi connectivity index (χ2v) is 4.84. The first-order valence-corrected chi connectivity index (χ1v) is 6.80. The number of hydrogen-bond donors (Lipinski definition) is 1. The van der Waals surface area contributed by atoms with Gasteiger partial charge in [0.2, 0.25) is 0 Å². The molecule has 106 valence electrons. The summed E-state index contributed by atoms with van der Waals surface area (Å²) >= 11 is 0. The number of nitrogens with two attached hydrogens (primary N) is 1. The van der Waals surface area contributed by atoms with E-state index >= 15 is 0 Å². The summed E-state index contributed by atoms with van der Waals surface area (Å²) in [5, 5.41) is 4.43. The number of aromatic nitrogens is 2. The quantitative estimate of drug-likeness (QED) is 0.490. The Bertz CT molecular complexity index is 434. The topological polar surface area (TPSA) is 68.7 Å². The Morgan fingerprint density at radius 3 is 2.79 bits per heavy atom. The SMILES string of the molecule is Cc1cc(C)n(CCCN=C(N)N2CCOCC2)n1. The smallest absolute Gasteiger partial charge is 0.191 e. The summed E-state index contributed by atoms with van der Waals surface area (Å²) < 4.78 is 7.31. The van der Waals surface area contributed by atoms with Crippen LogP contribution in [0.1, 0.15) is 17.8 Å². The van der Waals surface area contributed by atoms with Crippen molar-refractivity contribution in [1.82, 2.24) is 14.7 Å². The molecule has 1 aromatic rings. The summed E-state index contributed by atoms with van der Waals surface area (Å²) in [6, 6.07) is 2.09. The van der Waals surface area contributed by atoms with Gasteiger partial charge >= 0.3 is 0 Å². The molecule has 6 heteroatoms. The van der Waals surface area contributed by atoms with Gasteiger partial charge in [0.1, 0.15) is 0 Å². The second kappa shape index (κ2) is 6.56. The average molecular weight is 265 g/mol. The molecular formula is C13H23N5O. The van der Waals surface area contributed by atoms with Gasteiger partial charge in [-0.25, -0.2) is 0 Å². The van der Waals surface area contributed by atoms with Crippen LogP contribution in [0, 0.1) is 13.8 Å². The summed E-state index contributed by atoms with van der Waals surface area (Å²) in [5.74, 6) is 0.636. The highest BCUT2D eigenvalue weighted by Gasteiger charge is 2.11. The normalized spacial score (nSPS) is 16.9. The van der Waals surface area contributed by atoms with E-state index in [1.54, 1.807) is 0 Å². The van der Waals surface area contributed by atoms with E-state index in [9.17, 15) is 0 Å². The maximum absolute atomic E-state index is 5.96. The van der Waals surface area contributed by atoms with Gasteiger partial charge in [-0.2, -0.15) is 5.10 Å². The Hall–Kier alpha value is -1.56. The number of nitrogens with zero attached hydrogens (tertiary/aromatic N) is 4.